The van der Waals surface area contributed by atoms with Crippen LogP contribution in [-0.4, -0.2) is 11.0 Å². The largest absolute Gasteiger partial charge is 0.368 e. The van der Waals surface area contributed by atoms with Gasteiger partial charge >= 0.3 is 0 Å². The number of halogens is 1. The maximum atomic E-state index is 12.9. The number of hydrogen-bond acceptors (Lipinski definition) is 2. The second-order valence-electron chi connectivity index (χ2n) is 4.59. The van der Waals surface area contributed by atoms with E-state index in [-0.39, 0.29) is 0 Å². The van der Waals surface area contributed by atoms with Crippen LogP contribution in [0.15, 0.2) is 18.2 Å². The molecule has 0 aromatic carbocycles. The lowest BCUT2D eigenvalue weighted by atomic mass is 10.1. The maximum Gasteiger partial charge on any atom is 0.214 e. The van der Waals surface area contributed by atoms with Crippen LogP contribution in [-0.2, 0) is 0 Å². The first-order valence-electron chi connectivity index (χ1n) is 6.61. The van der Waals surface area contributed by atoms with Crippen molar-refractivity contribution >= 4 is 5.82 Å². The van der Waals surface area contributed by atoms with Gasteiger partial charge in [-0.15, -0.1) is 0 Å². The summed E-state index contributed by atoms with van der Waals surface area (Å²) in [5, 5.41) is 3.22. The molecule has 1 aromatic heterocycles. The fourth-order valence-electron chi connectivity index (χ4n) is 1.87. The summed E-state index contributed by atoms with van der Waals surface area (Å²) in [7, 11) is 0. The Hall–Kier alpha value is -1.12. The van der Waals surface area contributed by atoms with Gasteiger partial charge in [0.15, 0.2) is 0 Å². The number of anilines is 1. The average Bonchev–Trinajstić information content (AvgIpc) is 2.29. The van der Waals surface area contributed by atoms with Crippen LogP contribution in [0.5, 0.6) is 0 Å². The molecule has 1 N–H and O–H groups in total. The summed E-state index contributed by atoms with van der Waals surface area (Å²) in [5.41, 5.74) is 0. The third kappa shape index (κ3) is 6.25. The summed E-state index contributed by atoms with van der Waals surface area (Å²) in [6, 6.07) is 5.20. The van der Waals surface area contributed by atoms with E-state index in [0.717, 1.165) is 6.42 Å². The van der Waals surface area contributed by atoms with Crippen LogP contribution in [0.3, 0.4) is 0 Å². The quantitative estimate of drug-likeness (QED) is 0.537. The number of aromatic nitrogens is 1. The number of nitrogens with zero attached hydrogens (tertiary/aromatic N) is 1. The molecule has 0 spiro atoms. The zero-order valence-electron chi connectivity index (χ0n) is 10.9. The highest BCUT2D eigenvalue weighted by atomic mass is 19.1. The summed E-state index contributed by atoms with van der Waals surface area (Å²) in [5.74, 6) is 0.205. The van der Waals surface area contributed by atoms with Gasteiger partial charge in [0.2, 0.25) is 5.95 Å². The van der Waals surface area contributed by atoms with Crippen LogP contribution in [0.2, 0.25) is 0 Å². The van der Waals surface area contributed by atoms with Gasteiger partial charge < -0.3 is 5.32 Å². The highest BCUT2D eigenvalue weighted by molar-refractivity contribution is 5.34. The van der Waals surface area contributed by atoms with Crippen molar-refractivity contribution in [3.63, 3.8) is 0 Å². The molecule has 0 fully saturated rings. The highest BCUT2D eigenvalue weighted by Crippen LogP contribution is 2.11. The molecule has 0 saturated carbocycles. The monoisotopic (exact) mass is 238 g/mol. The standard InChI is InChI=1S/C14H23FN2/c1-3-4-5-6-7-9-12(2)16-14-11-8-10-13(15)17-14/h8,10-12H,3-7,9H2,1-2H3,(H,16,17). The Morgan fingerprint density at radius 3 is 2.71 bits per heavy atom. The first-order valence-corrected chi connectivity index (χ1v) is 6.61. The van der Waals surface area contributed by atoms with Crippen LogP contribution >= 0.6 is 0 Å². The molecular weight excluding hydrogens is 215 g/mol. The predicted molar refractivity (Wildman–Crippen MR) is 70.7 cm³/mol. The predicted octanol–water partition coefficient (Wildman–Crippen LogP) is 4.38. The average molecular weight is 238 g/mol. The molecule has 17 heavy (non-hydrogen) atoms. The summed E-state index contributed by atoms with van der Waals surface area (Å²) in [6.07, 6.45) is 7.55. The number of pyridine rings is 1. The minimum atomic E-state index is -0.426. The van der Waals surface area contributed by atoms with Crippen molar-refractivity contribution in [2.75, 3.05) is 5.32 Å². The van der Waals surface area contributed by atoms with Gasteiger partial charge in [0, 0.05) is 6.04 Å². The van der Waals surface area contributed by atoms with Crippen molar-refractivity contribution in [1.29, 1.82) is 0 Å². The van der Waals surface area contributed by atoms with Gasteiger partial charge in [0.25, 0.3) is 0 Å². The Balaban J connectivity index is 2.18. The third-order valence-corrected chi connectivity index (χ3v) is 2.85. The normalized spacial score (nSPS) is 12.4. The van der Waals surface area contributed by atoms with Crippen molar-refractivity contribution in [3.8, 4) is 0 Å². The van der Waals surface area contributed by atoms with Crippen LogP contribution in [0, 0.1) is 5.95 Å². The molecule has 1 aromatic rings. The maximum absolute atomic E-state index is 12.9. The number of unbranched alkanes of at least 4 members (excludes halogenated alkanes) is 4. The Bertz CT molecular complexity index is 315. The smallest absolute Gasteiger partial charge is 0.214 e. The van der Waals surface area contributed by atoms with Crippen molar-refractivity contribution < 1.29 is 4.39 Å². The Labute approximate surface area is 104 Å². The Morgan fingerprint density at radius 2 is 2.00 bits per heavy atom. The molecular formula is C14H23FN2. The molecule has 0 bridgehead atoms. The fourth-order valence-corrected chi connectivity index (χ4v) is 1.87. The summed E-state index contributed by atoms with van der Waals surface area (Å²) in [6.45, 7) is 4.34. The van der Waals surface area contributed by atoms with Gasteiger partial charge in [-0.3, -0.25) is 0 Å². The molecule has 1 unspecified atom stereocenters. The van der Waals surface area contributed by atoms with Crippen LogP contribution < -0.4 is 5.32 Å². The molecule has 1 heterocycles. The SMILES string of the molecule is CCCCCCCC(C)Nc1cccc(F)n1. The molecule has 0 aliphatic heterocycles. The van der Waals surface area contributed by atoms with E-state index in [0.29, 0.717) is 11.9 Å². The van der Waals surface area contributed by atoms with E-state index in [4.69, 9.17) is 0 Å². The van der Waals surface area contributed by atoms with Gasteiger partial charge in [0.1, 0.15) is 5.82 Å². The van der Waals surface area contributed by atoms with Crippen molar-refractivity contribution in [3.05, 3.63) is 24.1 Å². The number of nitrogens with one attached hydrogen (secondary N) is 1. The fraction of sp³-hybridized carbons (Fsp3) is 0.643. The third-order valence-electron chi connectivity index (χ3n) is 2.85. The molecule has 1 atom stereocenters. The number of hydrogen-bond donors (Lipinski definition) is 1. The van der Waals surface area contributed by atoms with E-state index in [9.17, 15) is 4.39 Å². The van der Waals surface area contributed by atoms with E-state index >= 15 is 0 Å². The van der Waals surface area contributed by atoms with Crippen molar-refractivity contribution in [1.82, 2.24) is 4.98 Å². The Morgan fingerprint density at radius 1 is 1.24 bits per heavy atom. The van der Waals surface area contributed by atoms with Crippen LogP contribution in [0.1, 0.15) is 52.4 Å². The molecule has 0 aliphatic carbocycles. The van der Waals surface area contributed by atoms with E-state index in [1.54, 1.807) is 12.1 Å². The molecule has 0 saturated heterocycles. The van der Waals surface area contributed by atoms with Gasteiger partial charge in [-0.25, -0.2) is 4.98 Å². The van der Waals surface area contributed by atoms with E-state index in [2.05, 4.69) is 24.1 Å². The lowest BCUT2D eigenvalue weighted by molar-refractivity contribution is 0.570. The first kappa shape index (κ1) is 13.9. The second-order valence-corrected chi connectivity index (χ2v) is 4.59. The van der Waals surface area contributed by atoms with Gasteiger partial charge in [0.05, 0.1) is 0 Å². The van der Waals surface area contributed by atoms with Gasteiger partial charge in [-0.2, -0.15) is 4.39 Å². The zero-order chi connectivity index (χ0) is 12.5. The second kappa shape index (κ2) is 8.04. The minimum Gasteiger partial charge on any atom is -0.368 e. The Kier molecular flexibility index (Phi) is 6.60. The molecule has 1 rings (SSSR count). The molecule has 96 valence electrons. The minimum absolute atomic E-state index is 0.353. The lowest BCUT2D eigenvalue weighted by Gasteiger charge is -2.14. The first-order chi connectivity index (χ1) is 8.22. The summed E-state index contributed by atoms with van der Waals surface area (Å²) >= 11 is 0. The molecule has 0 aliphatic rings. The molecule has 2 nitrogen and oxygen atoms in total. The molecule has 3 heteroatoms. The topological polar surface area (TPSA) is 24.9 Å². The summed E-state index contributed by atoms with van der Waals surface area (Å²) < 4.78 is 12.9. The van der Waals surface area contributed by atoms with Gasteiger partial charge in [-0.05, 0) is 25.5 Å². The highest BCUT2D eigenvalue weighted by Gasteiger charge is 2.03. The van der Waals surface area contributed by atoms with Crippen molar-refractivity contribution in [2.24, 2.45) is 0 Å². The molecule has 0 radical (unpaired) electrons. The van der Waals surface area contributed by atoms with Gasteiger partial charge in [-0.1, -0.05) is 45.1 Å². The summed E-state index contributed by atoms with van der Waals surface area (Å²) in [4.78, 5) is 3.79. The van der Waals surface area contributed by atoms with Crippen molar-refractivity contribution in [2.45, 2.75) is 58.4 Å². The van der Waals surface area contributed by atoms with Crippen LogP contribution in [0.25, 0.3) is 0 Å². The lowest BCUT2D eigenvalue weighted by Crippen LogP contribution is -2.16. The number of rotatable bonds is 8. The zero-order valence-corrected chi connectivity index (χ0v) is 10.9. The van der Waals surface area contributed by atoms with E-state index < -0.39 is 5.95 Å². The van der Waals surface area contributed by atoms with E-state index in [1.807, 2.05) is 0 Å². The van der Waals surface area contributed by atoms with Crippen LogP contribution in [0.4, 0.5) is 10.2 Å². The van der Waals surface area contributed by atoms with E-state index in [1.165, 1.54) is 38.2 Å². The molecule has 0 amide bonds.